The second-order valence-corrected chi connectivity index (χ2v) is 10.0. The summed E-state index contributed by atoms with van der Waals surface area (Å²) in [5, 5.41) is 0. The summed E-state index contributed by atoms with van der Waals surface area (Å²) < 4.78 is 18.0. The average Bonchev–Trinajstić information content (AvgIpc) is 2.91. The van der Waals surface area contributed by atoms with Crippen LogP contribution in [0.25, 0.3) is 11.1 Å². The van der Waals surface area contributed by atoms with Gasteiger partial charge < -0.3 is 14.2 Å². The van der Waals surface area contributed by atoms with E-state index in [4.69, 9.17) is 14.2 Å². The number of unbranched alkanes of at least 4 members (excludes halogenated alkanes) is 5. The van der Waals surface area contributed by atoms with Crippen LogP contribution in [0.15, 0.2) is 60.7 Å². The van der Waals surface area contributed by atoms with Crippen LogP contribution < -0.4 is 4.74 Å². The van der Waals surface area contributed by atoms with Crippen molar-refractivity contribution in [1.82, 2.24) is 0 Å². The zero-order chi connectivity index (χ0) is 24.7. The fraction of sp³-hybridized carbons (Fsp3) is 0.562. The van der Waals surface area contributed by atoms with E-state index in [9.17, 15) is 0 Å². The van der Waals surface area contributed by atoms with Crippen LogP contribution in [0.3, 0.4) is 0 Å². The molecule has 0 bridgehead atoms. The molecule has 0 aromatic heterocycles. The lowest BCUT2D eigenvalue weighted by atomic mass is 10.0. The first-order valence-corrected chi connectivity index (χ1v) is 13.9. The van der Waals surface area contributed by atoms with Crippen LogP contribution in [0.2, 0.25) is 0 Å². The first kappa shape index (κ1) is 27.5. The van der Waals surface area contributed by atoms with E-state index < -0.39 is 0 Å². The summed E-state index contributed by atoms with van der Waals surface area (Å²) in [6.45, 7) is 9.04. The molecule has 1 atom stereocenters. The maximum absolute atomic E-state index is 6.03. The van der Waals surface area contributed by atoms with Gasteiger partial charge in [0.25, 0.3) is 0 Å². The minimum atomic E-state index is -0.269. The van der Waals surface area contributed by atoms with Gasteiger partial charge in [0.2, 0.25) is 0 Å². The largest absolute Gasteiger partial charge is 0.494 e. The number of benzene rings is 2. The van der Waals surface area contributed by atoms with Crippen LogP contribution in [-0.2, 0) is 9.47 Å². The highest BCUT2D eigenvalue weighted by atomic mass is 16.7. The predicted molar refractivity (Wildman–Crippen MR) is 147 cm³/mol. The van der Waals surface area contributed by atoms with E-state index in [-0.39, 0.29) is 6.29 Å². The fourth-order valence-electron chi connectivity index (χ4n) is 4.38. The molecule has 2 aromatic carbocycles. The minimum absolute atomic E-state index is 0.269. The lowest BCUT2D eigenvalue weighted by Gasteiger charge is -2.28. The number of allylic oxidation sites excluding steroid dienone is 1. The molecule has 1 aliphatic heterocycles. The smallest absolute Gasteiger partial charge is 0.183 e. The molecule has 3 nitrogen and oxygen atoms in total. The van der Waals surface area contributed by atoms with Crippen LogP contribution >= 0.6 is 0 Å². The Balaban J connectivity index is 1.39. The third-order valence-electron chi connectivity index (χ3n) is 6.98. The van der Waals surface area contributed by atoms with Crippen molar-refractivity contribution in [2.45, 2.75) is 84.8 Å². The summed E-state index contributed by atoms with van der Waals surface area (Å²) in [6, 6.07) is 16.9. The number of hydrogen-bond donors (Lipinski definition) is 0. The monoisotopic (exact) mass is 478 g/mol. The van der Waals surface area contributed by atoms with Gasteiger partial charge in [-0.15, -0.1) is 0 Å². The summed E-state index contributed by atoms with van der Waals surface area (Å²) >= 11 is 0. The zero-order valence-electron chi connectivity index (χ0n) is 22.2. The molecule has 1 fully saturated rings. The van der Waals surface area contributed by atoms with E-state index in [0.717, 1.165) is 49.9 Å². The highest BCUT2D eigenvalue weighted by Gasteiger charge is 2.22. The van der Waals surface area contributed by atoms with Crippen LogP contribution in [0, 0.1) is 11.8 Å². The maximum atomic E-state index is 6.03. The van der Waals surface area contributed by atoms with Crippen molar-refractivity contribution >= 4 is 0 Å². The molecule has 1 saturated heterocycles. The highest BCUT2D eigenvalue weighted by molar-refractivity contribution is 5.64. The molecule has 0 saturated carbocycles. The zero-order valence-corrected chi connectivity index (χ0v) is 22.2. The Hall–Kier alpha value is -2.10. The third-order valence-corrected chi connectivity index (χ3v) is 6.98. The van der Waals surface area contributed by atoms with E-state index in [0.29, 0.717) is 5.92 Å². The molecular weight excluding hydrogens is 432 g/mol. The lowest BCUT2D eigenvalue weighted by molar-refractivity contribution is -0.197. The summed E-state index contributed by atoms with van der Waals surface area (Å²) in [4.78, 5) is 0. The Bertz CT molecular complexity index is 832. The molecule has 1 aliphatic rings. The molecule has 35 heavy (non-hydrogen) atoms. The van der Waals surface area contributed by atoms with Gasteiger partial charge in [-0.3, -0.25) is 0 Å². The molecule has 2 aromatic rings. The minimum Gasteiger partial charge on any atom is -0.494 e. The molecule has 0 spiro atoms. The summed E-state index contributed by atoms with van der Waals surface area (Å²) in [5.74, 6) is 2.08. The Labute approximate surface area is 213 Å². The van der Waals surface area contributed by atoms with Gasteiger partial charge in [-0.25, -0.2) is 0 Å². The topological polar surface area (TPSA) is 27.7 Å². The summed E-state index contributed by atoms with van der Waals surface area (Å²) in [5.41, 5.74) is 3.45. The first-order chi connectivity index (χ1) is 17.2. The van der Waals surface area contributed by atoms with E-state index in [1.54, 1.807) is 0 Å². The Morgan fingerprint density at radius 1 is 0.857 bits per heavy atom. The van der Waals surface area contributed by atoms with Crippen molar-refractivity contribution in [3.8, 4) is 16.9 Å². The third kappa shape index (κ3) is 9.82. The molecular formula is C32H46O3. The van der Waals surface area contributed by atoms with Crippen LogP contribution in [0.5, 0.6) is 5.75 Å². The van der Waals surface area contributed by atoms with Gasteiger partial charge in [-0.05, 0) is 54.9 Å². The van der Waals surface area contributed by atoms with Crippen molar-refractivity contribution in [3.63, 3.8) is 0 Å². The Kier molecular flexibility index (Phi) is 12.4. The SMILES string of the molecule is CCCCCCC/C=C/C1COC(c2ccc(-c3ccc(OCCCC(C)CC)cc3)cc2)OC1. The van der Waals surface area contributed by atoms with Crippen molar-refractivity contribution < 1.29 is 14.2 Å². The lowest BCUT2D eigenvalue weighted by Crippen LogP contribution is -2.25. The molecule has 3 heteroatoms. The van der Waals surface area contributed by atoms with Crippen LogP contribution in [-0.4, -0.2) is 19.8 Å². The molecule has 1 unspecified atom stereocenters. The van der Waals surface area contributed by atoms with Crippen LogP contribution in [0.1, 0.15) is 90.4 Å². The summed E-state index contributed by atoms with van der Waals surface area (Å²) in [6.07, 6.45) is 15.7. The van der Waals surface area contributed by atoms with Crippen LogP contribution in [0.4, 0.5) is 0 Å². The molecule has 3 rings (SSSR count). The van der Waals surface area contributed by atoms with E-state index >= 15 is 0 Å². The van der Waals surface area contributed by atoms with E-state index in [2.05, 4.69) is 81.5 Å². The maximum Gasteiger partial charge on any atom is 0.183 e. The fourth-order valence-corrected chi connectivity index (χ4v) is 4.38. The second kappa shape index (κ2) is 15.8. The molecule has 0 radical (unpaired) electrons. The van der Waals surface area contributed by atoms with E-state index in [1.165, 1.54) is 56.1 Å². The first-order valence-electron chi connectivity index (χ1n) is 13.9. The quantitative estimate of drug-likeness (QED) is 0.189. The Morgan fingerprint density at radius 3 is 2.17 bits per heavy atom. The van der Waals surface area contributed by atoms with Gasteiger partial charge in [0.05, 0.1) is 19.8 Å². The van der Waals surface area contributed by atoms with Crippen molar-refractivity contribution in [2.24, 2.45) is 11.8 Å². The van der Waals surface area contributed by atoms with Crippen molar-refractivity contribution in [1.29, 1.82) is 0 Å². The molecule has 1 heterocycles. The van der Waals surface area contributed by atoms with Crippen molar-refractivity contribution in [3.05, 3.63) is 66.2 Å². The van der Waals surface area contributed by atoms with Gasteiger partial charge in [-0.2, -0.15) is 0 Å². The van der Waals surface area contributed by atoms with Gasteiger partial charge >= 0.3 is 0 Å². The van der Waals surface area contributed by atoms with E-state index in [1.807, 2.05) is 0 Å². The van der Waals surface area contributed by atoms with Gasteiger partial charge in [-0.1, -0.05) is 101 Å². The van der Waals surface area contributed by atoms with Gasteiger partial charge in [0.1, 0.15) is 5.75 Å². The highest BCUT2D eigenvalue weighted by Crippen LogP contribution is 2.29. The number of rotatable bonds is 15. The normalized spacial score (nSPS) is 19.2. The average molecular weight is 479 g/mol. The number of hydrogen-bond acceptors (Lipinski definition) is 3. The molecule has 0 N–H and O–H groups in total. The van der Waals surface area contributed by atoms with Gasteiger partial charge in [0, 0.05) is 11.5 Å². The second-order valence-electron chi connectivity index (χ2n) is 10.0. The number of ether oxygens (including phenoxy) is 3. The van der Waals surface area contributed by atoms with Crippen molar-refractivity contribution in [2.75, 3.05) is 19.8 Å². The Morgan fingerprint density at radius 2 is 1.51 bits per heavy atom. The molecule has 0 aliphatic carbocycles. The molecule has 192 valence electrons. The predicted octanol–water partition coefficient (Wildman–Crippen LogP) is 9.14. The van der Waals surface area contributed by atoms with Gasteiger partial charge in [0.15, 0.2) is 6.29 Å². The standard InChI is InChI=1S/C32H46O3/c1-4-6-7-8-9-10-11-14-27-24-34-32(35-25-27)30-17-15-28(16-18-30)29-19-21-31(22-20-29)33-23-12-13-26(3)5-2/h11,14-22,26-27,32H,4-10,12-13,23-25H2,1-3H3/b14-11+. The summed E-state index contributed by atoms with van der Waals surface area (Å²) in [7, 11) is 0. The molecule has 0 amide bonds.